The van der Waals surface area contributed by atoms with Crippen LogP contribution in [0.5, 0.6) is 0 Å². The van der Waals surface area contributed by atoms with Crippen LogP contribution in [-0.2, 0) is 13.1 Å². The van der Waals surface area contributed by atoms with Gasteiger partial charge in [0.2, 0.25) is 0 Å². The van der Waals surface area contributed by atoms with Gasteiger partial charge in [-0.3, -0.25) is 4.98 Å². The minimum Gasteiger partial charge on any atom is -0.366 e. The minimum atomic E-state index is 0.683. The number of hydrogen-bond donors (Lipinski definition) is 1. The highest BCUT2D eigenvalue weighted by Crippen LogP contribution is 2.27. The Bertz CT molecular complexity index is 1040. The Balaban J connectivity index is 1.64. The zero-order valence-corrected chi connectivity index (χ0v) is 16.4. The van der Waals surface area contributed by atoms with Gasteiger partial charge in [-0.2, -0.15) is 0 Å². The molecule has 0 aliphatic rings. The van der Waals surface area contributed by atoms with Crippen LogP contribution in [0.4, 0.5) is 17.3 Å². The molecule has 144 valence electrons. The van der Waals surface area contributed by atoms with E-state index in [0.29, 0.717) is 6.54 Å². The normalized spacial score (nSPS) is 10.5. The molecule has 4 aromatic rings. The molecule has 0 fully saturated rings. The molecule has 0 amide bonds. The first-order valence-electron chi connectivity index (χ1n) is 9.63. The smallest absolute Gasteiger partial charge is 0.139 e. The van der Waals surface area contributed by atoms with Crippen molar-refractivity contribution in [2.24, 2.45) is 0 Å². The SMILES string of the molecule is Cc1nc(NCc2ccncc2)cc(N(Cc2ccccc2)c2ccccc2)n1. The van der Waals surface area contributed by atoms with Gasteiger partial charge < -0.3 is 10.2 Å². The van der Waals surface area contributed by atoms with Gasteiger partial charge >= 0.3 is 0 Å². The standard InChI is InChI=1S/C24H23N5/c1-19-27-23(26-17-20-12-14-25-15-13-20)16-24(28-19)29(22-10-6-3-7-11-22)18-21-8-4-2-5-9-21/h2-16H,17-18H2,1H3,(H,26,27,28). The maximum absolute atomic E-state index is 4.73. The summed E-state index contributed by atoms with van der Waals surface area (Å²) >= 11 is 0. The van der Waals surface area contributed by atoms with Crippen LogP contribution in [0.1, 0.15) is 17.0 Å². The van der Waals surface area contributed by atoms with E-state index >= 15 is 0 Å². The van der Waals surface area contributed by atoms with E-state index in [0.717, 1.165) is 35.3 Å². The van der Waals surface area contributed by atoms with Gasteiger partial charge in [-0.15, -0.1) is 0 Å². The lowest BCUT2D eigenvalue weighted by Crippen LogP contribution is -2.19. The van der Waals surface area contributed by atoms with Crippen LogP contribution in [-0.4, -0.2) is 15.0 Å². The molecule has 0 saturated carbocycles. The van der Waals surface area contributed by atoms with Gasteiger partial charge in [0.25, 0.3) is 0 Å². The molecule has 0 spiro atoms. The Labute approximate surface area is 171 Å². The van der Waals surface area contributed by atoms with Crippen molar-refractivity contribution in [2.45, 2.75) is 20.0 Å². The van der Waals surface area contributed by atoms with Gasteiger partial charge in [-0.25, -0.2) is 9.97 Å². The van der Waals surface area contributed by atoms with Crippen LogP contribution in [0.2, 0.25) is 0 Å². The van der Waals surface area contributed by atoms with E-state index in [1.165, 1.54) is 5.56 Å². The fraction of sp³-hybridized carbons (Fsp3) is 0.125. The number of aryl methyl sites for hydroxylation is 1. The number of benzene rings is 2. The number of aromatic nitrogens is 3. The summed E-state index contributed by atoms with van der Waals surface area (Å²) in [5, 5.41) is 3.41. The summed E-state index contributed by atoms with van der Waals surface area (Å²) in [5.74, 6) is 2.40. The predicted octanol–water partition coefficient (Wildman–Crippen LogP) is 5.13. The van der Waals surface area contributed by atoms with Gasteiger partial charge in [-0.05, 0) is 42.3 Å². The molecule has 0 radical (unpaired) electrons. The van der Waals surface area contributed by atoms with Crippen LogP contribution in [0.25, 0.3) is 0 Å². The molecule has 5 heteroatoms. The fourth-order valence-electron chi connectivity index (χ4n) is 3.15. The molecule has 0 unspecified atom stereocenters. The Morgan fingerprint density at radius 2 is 1.48 bits per heavy atom. The lowest BCUT2D eigenvalue weighted by molar-refractivity contribution is 0.918. The van der Waals surface area contributed by atoms with Gasteiger partial charge in [0.05, 0.1) is 0 Å². The van der Waals surface area contributed by atoms with E-state index in [9.17, 15) is 0 Å². The molecule has 0 saturated heterocycles. The van der Waals surface area contributed by atoms with Crippen molar-refractivity contribution in [1.29, 1.82) is 0 Å². The van der Waals surface area contributed by atoms with Crippen molar-refractivity contribution < 1.29 is 0 Å². The summed E-state index contributed by atoms with van der Waals surface area (Å²) in [6.07, 6.45) is 3.59. The molecule has 1 N–H and O–H groups in total. The number of nitrogens with zero attached hydrogens (tertiary/aromatic N) is 4. The summed E-state index contributed by atoms with van der Waals surface area (Å²) in [5.41, 5.74) is 3.47. The van der Waals surface area contributed by atoms with E-state index in [2.05, 4.69) is 56.6 Å². The maximum Gasteiger partial charge on any atom is 0.139 e. The predicted molar refractivity (Wildman–Crippen MR) is 117 cm³/mol. The molecule has 0 bridgehead atoms. The number of pyridine rings is 1. The lowest BCUT2D eigenvalue weighted by atomic mass is 10.2. The second kappa shape index (κ2) is 8.97. The summed E-state index contributed by atoms with van der Waals surface area (Å²) in [6.45, 7) is 3.33. The second-order valence-corrected chi connectivity index (χ2v) is 6.77. The maximum atomic E-state index is 4.73. The minimum absolute atomic E-state index is 0.683. The van der Waals surface area contributed by atoms with Crippen LogP contribution in [0.3, 0.4) is 0 Å². The molecule has 4 rings (SSSR count). The summed E-state index contributed by atoms with van der Waals surface area (Å²) in [7, 11) is 0. The third-order valence-electron chi connectivity index (χ3n) is 4.58. The van der Waals surface area contributed by atoms with E-state index in [1.807, 2.05) is 49.4 Å². The van der Waals surface area contributed by atoms with Crippen molar-refractivity contribution >= 4 is 17.3 Å². The zero-order chi connectivity index (χ0) is 19.9. The van der Waals surface area contributed by atoms with E-state index < -0.39 is 0 Å². The number of para-hydroxylation sites is 1. The van der Waals surface area contributed by atoms with Gasteiger partial charge in [0, 0.05) is 37.2 Å². The number of nitrogens with one attached hydrogen (secondary N) is 1. The summed E-state index contributed by atoms with van der Waals surface area (Å²) < 4.78 is 0. The number of hydrogen-bond acceptors (Lipinski definition) is 5. The highest BCUT2D eigenvalue weighted by molar-refractivity contribution is 5.62. The third-order valence-corrected chi connectivity index (χ3v) is 4.58. The Hall–Kier alpha value is -3.73. The Morgan fingerprint density at radius 3 is 2.21 bits per heavy atom. The molecule has 5 nitrogen and oxygen atoms in total. The number of anilines is 3. The first-order valence-corrected chi connectivity index (χ1v) is 9.63. The van der Waals surface area contributed by atoms with E-state index in [-0.39, 0.29) is 0 Å². The molecule has 0 aliphatic carbocycles. The molecule has 2 heterocycles. The van der Waals surface area contributed by atoms with Gasteiger partial charge in [0.1, 0.15) is 17.5 Å². The van der Waals surface area contributed by atoms with Crippen molar-refractivity contribution in [3.63, 3.8) is 0 Å². The van der Waals surface area contributed by atoms with Crippen LogP contribution < -0.4 is 10.2 Å². The highest BCUT2D eigenvalue weighted by Gasteiger charge is 2.13. The van der Waals surface area contributed by atoms with Crippen molar-refractivity contribution in [1.82, 2.24) is 15.0 Å². The second-order valence-electron chi connectivity index (χ2n) is 6.77. The van der Waals surface area contributed by atoms with E-state index in [1.54, 1.807) is 12.4 Å². The van der Waals surface area contributed by atoms with E-state index in [4.69, 9.17) is 4.98 Å². The monoisotopic (exact) mass is 381 g/mol. The zero-order valence-electron chi connectivity index (χ0n) is 16.4. The first-order chi connectivity index (χ1) is 14.3. The molecular weight excluding hydrogens is 358 g/mol. The van der Waals surface area contributed by atoms with Crippen LogP contribution >= 0.6 is 0 Å². The first kappa shape index (κ1) is 18.6. The Kier molecular flexibility index (Phi) is 5.76. The van der Waals surface area contributed by atoms with Gasteiger partial charge in [0.15, 0.2) is 0 Å². The average Bonchev–Trinajstić information content (AvgIpc) is 2.78. The van der Waals surface area contributed by atoms with Crippen molar-refractivity contribution in [3.05, 3.63) is 108 Å². The largest absolute Gasteiger partial charge is 0.366 e. The van der Waals surface area contributed by atoms with Crippen molar-refractivity contribution in [3.8, 4) is 0 Å². The molecule has 2 aromatic carbocycles. The van der Waals surface area contributed by atoms with Gasteiger partial charge in [-0.1, -0.05) is 48.5 Å². The number of rotatable bonds is 7. The van der Waals surface area contributed by atoms with Crippen LogP contribution in [0.15, 0.2) is 91.3 Å². The summed E-state index contributed by atoms with van der Waals surface area (Å²) in [4.78, 5) is 15.6. The van der Waals surface area contributed by atoms with Crippen molar-refractivity contribution in [2.75, 3.05) is 10.2 Å². The third kappa shape index (κ3) is 4.96. The quantitative estimate of drug-likeness (QED) is 0.481. The molecule has 0 atom stereocenters. The topological polar surface area (TPSA) is 53.9 Å². The highest BCUT2D eigenvalue weighted by atomic mass is 15.2. The molecule has 2 aromatic heterocycles. The Morgan fingerprint density at radius 1 is 0.793 bits per heavy atom. The lowest BCUT2D eigenvalue weighted by Gasteiger charge is -2.25. The summed E-state index contributed by atoms with van der Waals surface area (Å²) in [6, 6.07) is 26.7. The average molecular weight is 381 g/mol. The fourth-order valence-corrected chi connectivity index (χ4v) is 3.15. The molecular formula is C24H23N5. The molecule has 29 heavy (non-hydrogen) atoms. The molecule has 0 aliphatic heterocycles. The van der Waals surface area contributed by atoms with Crippen LogP contribution in [0, 0.1) is 6.92 Å².